The molecular weight excluding hydrogens is 328 g/mol. The Hall–Kier alpha value is -1.81. The highest BCUT2D eigenvalue weighted by molar-refractivity contribution is 9.10. The first-order valence-corrected chi connectivity index (χ1v) is 7.81. The molecule has 0 aliphatic rings. The van der Waals surface area contributed by atoms with Crippen LogP contribution in [0, 0.1) is 6.92 Å². The van der Waals surface area contributed by atoms with E-state index in [0.717, 1.165) is 34.4 Å². The van der Waals surface area contributed by atoms with Crippen LogP contribution in [0.5, 0.6) is 0 Å². The molecule has 0 bridgehead atoms. The van der Waals surface area contributed by atoms with E-state index in [2.05, 4.69) is 33.5 Å². The van der Waals surface area contributed by atoms with Crippen LogP contribution in [0.1, 0.15) is 29.3 Å². The minimum absolute atomic E-state index is 0.0949. The fraction of sp³-hybridized carbons (Fsp3) is 0.235. The van der Waals surface area contributed by atoms with Gasteiger partial charge in [-0.1, -0.05) is 22.9 Å². The van der Waals surface area contributed by atoms with Crippen molar-refractivity contribution in [2.75, 3.05) is 17.2 Å². The highest BCUT2D eigenvalue weighted by atomic mass is 79.9. The Morgan fingerprint density at radius 1 is 1.14 bits per heavy atom. The molecule has 0 aliphatic carbocycles. The summed E-state index contributed by atoms with van der Waals surface area (Å²) in [5, 5.41) is 6.24. The largest absolute Gasteiger partial charge is 0.385 e. The Kier molecular flexibility index (Phi) is 5.39. The van der Waals surface area contributed by atoms with E-state index in [9.17, 15) is 4.79 Å². The topological polar surface area (TPSA) is 41.1 Å². The molecule has 110 valence electrons. The molecule has 4 heteroatoms. The molecule has 0 heterocycles. The number of aryl methyl sites for hydroxylation is 1. The van der Waals surface area contributed by atoms with Gasteiger partial charge >= 0.3 is 0 Å². The second kappa shape index (κ2) is 7.27. The van der Waals surface area contributed by atoms with Crippen LogP contribution in [-0.2, 0) is 0 Å². The number of hydrogen-bond donors (Lipinski definition) is 2. The number of hydrogen-bond acceptors (Lipinski definition) is 2. The summed E-state index contributed by atoms with van der Waals surface area (Å²) in [6, 6.07) is 13.3. The lowest BCUT2D eigenvalue weighted by atomic mass is 10.1. The average Bonchev–Trinajstić information content (AvgIpc) is 2.48. The number of carbonyl (C=O) groups is 1. The molecule has 0 saturated heterocycles. The van der Waals surface area contributed by atoms with Gasteiger partial charge in [0.1, 0.15) is 0 Å². The maximum absolute atomic E-state index is 12.2. The monoisotopic (exact) mass is 346 g/mol. The Balaban J connectivity index is 2.08. The number of halogens is 1. The minimum Gasteiger partial charge on any atom is -0.385 e. The lowest BCUT2D eigenvalue weighted by Gasteiger charge is -2.11. The van der Waals surface area contributed by atoms with Crippen molar-refractivity contribution in [3.63, 3.8) is 0 Å². The lowest BCUT2D eigenvalue weighted by molar-refractivity contribution is 0.102. The van der Waals surface area contributed by atoms with Crippen molar-refractivity contribution >= 4 is 33.2 Å². The van der Waals surface area contributed by atoms with Crippen LogP contribution in [0.4, 0.5) is 11.4 Å². The summed E-state index contributed by atoms with van der Waals surface area (Å²) >= 11 is 3.38. The summed E-state index contributed by atoms with van der Waals surface area (Å²) in [4.78, 5) is 12.2. The van der Waals surface area contributed by atoms with Crippen molar-refractivity contribution in [3.8, 4) is 0 Å². The summed E-state index contributed by atoms with van der Waals surface area (Å²) in [5.41, 5.74) is 3.61. The van der Waals surface area contributed by atoms with Gasteiger partial charge in [0, 0.05) is 28.0 Å². The normalized spacial score (nSPS) is 10.2. The first-order chi connectivity index (χ1) is 10.1. The van der Waals surface area contributed by atoms with E-state index in [1.54, 1.807) is 0 Å². The van der Waals surface area contributed by atoms with E-state index in [4.69, 9.17) is 0 Å². The Bertz CT molecular complexity index is 623. The summed E-state index contributed by atoms with van der Waals surface area (Å²) in [6.45, 7) is 5.07. The van der Waals surface area contributed by atoms with Gasteiger partial charge in [0.25, 0.3) is 5.91 Å². The molecular formula is C17H19BrN2O. The Morgan fingerprint density at radius 3 is 2.48 bits per heavy atom. The fourth-order valence-electron chi connectivity index (χ4n) is 2.00. The van der Waals surface area contributed by atoms with Gasteiger partial charge in [-0.3, -0.25) is 4.79 Å². The highest BCUT2D eigenvalue weighted by Gasteiger charge is 2.08. The first-order valence-electron chi connectivity index (χ1n) is 7.01. The molecule has 0 aromatic heterocycles. The molecule has 2 aromatic carbocycles. The maximum atomic E-state index is 12.2. The minimum atomic E-state index is -0.0949. The molecule has 0 atom stereocenters. The van der Waals surface area contributed by atoms with E-state index >= 15 is 0 Å². The summed E-state index contributed by atoms with van der Waals surface area (Å²) in [7, 11) is 0. The molecule has 3 nitrogen and oxygen atoms in total. The zero-order valence-corrected chi connectivity index (χ0v) is 13.8. The number of amides is 1. The third-order valence-corrected chi connectivity index (χ3v) is 3.68. The van der Waals surface area contributed by atoms with E-state index in [-0.39, 0.29) is 5.91 Å². The van der Waals surface area contributed by atoms with Crippen LogP contribution in [-0.4, -0.2) is 12.5 Å². The van der Waals surface area contributed by atoms with Gasteiger partial charge in [0.15, 0.2) is 0 Å². The second-order valence-electron chi connectivity index (χ2n) is 4.92. The van der Waals surface area contributed by atoms with Gasteiger partial charge < -0.3 is 10.6 Å². The highest BCUT2D eigenvalue weighted by Crippen LogP contribution is 2.19. The fourth-order valence-corrected chi connectivity index (χ4v) is 2.26. The van der Waals surface area contributed by atoms with Gasteiger partial charge in [0.2, 0.25) is 0 Å². The molecule has 2 rings (SSSR count). The Morgan fingerprint density at radius 2 is 1.86 bits per heavy atom. The van der Waals surface area contributed by atoms with Gasteiger partial charge in [-0.05, 0) is 61.4 Å². The number of benzene rings is 2. The van der Waals surface area contributed by atoms with Crippen molar-refractivity contribution < 1.29 is 4.79 Å². The lowest BCUT2D eigenvalue weighted by Crippen LogP contribution is -2.12. The van der Waals surface area contributed by atoms with Crippen LogP contribution in [0.25, 0.3) is 0 Å². The van der Waals surface area contributed by atoms with Crippen molar-refractivity contribution in [2.24, 2.45) is 0 Å². The molecule has 1 amide bonds. The standard InChI is InChI=1S/C17H19BrN2O/c1-3-10-19-16-9-4-13(11-12(16)2)17(21)20-15-7-5-14(18)6-8-15/h4-9,11,19H,3,10H2,1-2H3,(H,20,21). The third-order valence-electron chi connectivity index (χ3n) is 3.16. The molecule has 0 saturated carbocycles. The predicted molar refractivity (Wildman–Crippen MR) is 92.1 cm³/mol. The number of nitrogens with one attached hydrogen (secondary N) is 2. The van der Waals surface area contributed by atoms with Crippen LogP contribution >= 0.6 is 15.9 Å². The van der Waals surface area contributed by atoms with Gasteiger partial charge in [-0.2, -0.15) is 0 Å². The second-order valence-corrected chi connectivity index (χ2v) is 5.83. The molecule has 21 heavy (non-hydrogen) atoms. The first kappa shape index (κ1) is 15.6. The van der Waals surface area contributed by atoms with Crippen LogP contribution in [0.15, 0.2) is 46.9 Å². The van der Waals surface area contributed by atoms with Crippen LogP contribution in [0.2, 0.25) is 0 Å². The zero-order valence-electron chi connectivity index (χ0n) is 12.2. The van der Waals surface area contributed by atoms with Crippen LogP contribution < -0.4 is 10.6 Å². The molecule has 0 radical (unpaired) electrons. The zero-order chi connectivity index (χ0) is 15.2. The van der Waals surface area contributed by atoms with Crippen molar-refractivity contribution in [1.82, 2.24) is 0 Å². The van der Waals surface area contributed by atoms with Crippen molar-refractivity contribution in [2.45, 2.75) is 20.3 Å². The SMILES string of the molecule is CCCNc1ccc(C(=O)Nc2ccc(Br)cc2)cc1C. The van der Waals surface area contributed by atoms with Crippen molar-refractivity contribution in [3.05, 3.63) is 58.1 Å². The molecule has 0 spiro atoms. The molecule has 0 unspecified atom stereocenters. The molecule has 0 aliphatic heterocycles. The molecule has 2 aromatic rings. The summed E-state index contributed by atoms with van der Waals surface area (Å²) in [6.07, 6.45) is 1.07. The third kappa shape index (κ3) is 4.33. The van der Waals surface area contributed by atoms with Gasteiger partial charge in [-0.25, -0.2) is 0 Å². The smallest absolute Gasteiger partial charge is 0.255 e. The molecule has 2 N–H and O–H groups in total. The maximum Gasteiger partial charge on any atom is 0.255 e. The van der Waals surface area contributed by atoms with E-state index < -0.39 is 0 Å². The van der Waals surface area contributed by atoms with Gasteiger partial charge in [0.05, 0.1) is 0 Å². The average molecular weight is 347 g/mol. The van der Waals surface area contributed by atoms with E-state index in [1.807, 2.05) is 49.4 Å². The number of rotatable bonds is 5. The Labute approximate surface area is 133 Å². The van der Waals surface area contributed by atoms with Gasteiger partial charge in [-0.15, -0.1) is 0 Å². The number of anilines is 2. The summed E-state index contributed by atoms with van der Waals surface area (Å²) < 4.78 is 0.989. The summed E-state index contributed by atoms with van der Waals surface area (Å²) in [5.74, 6) is -0.0949. The quantitative estimate of drug-likeness (QED) is 0.813. The van der Waals surface area contributed by atoms with Crippen molar-refractivity contribution in [1.29, 1.82) is 0 Å². The molecule has 0 fully saturated rings. The predicted octanol–water partition coefficient (Wildman–Crippen LogP) is 4.83. The van der Waals surface area contributed by atoms with E-state index in [0.29, 0.717) is 5.56 Å². The number of carbonyl (C=O) groups excluding carboxylic acids is 1. The van der Waals surface area contributed by atoms with Crippen LogP contribution in [0.3, 0.4) is 0 Å². The van der Waals surface area contributed by atoms with E-state index in [1.165, 1.54) is 0 Å².